The summed E-state index contributed by atoms with van der Waals surface area (Å²) in [7, 11) is -3.29. The Morgan fingerprint density at radius 1 is 1.28 bits per heavy atom. The first kappa shape index (κ1) is 12.8. The first-order valence-corrected chi connectivity index (χ1v) is 7.64. The van der Waals surface area contributed by atoms with Gasteiger partial charge in [-0.25, -0.2) is 13.2 Å². The number of nitrogens with zero attached hydrogens (tertiary/aromatic N) is 2. The third kappa shape index (κ3) is 2.43. The molecule has 0 saturated heterocycles. The van der Waals surface area contributed by atoms with Crippen molar-refractivity contribution in [1.82, 2.24) is 9.55 Å². The van der Waals surface area contributed by atoms with Crippen LogP contribution in [0.2, 0.25) is 0 Å². The molecular weight excluding hydrogens is 252 g/mol. The summed E-state index contributed by atoms with van der Waals surface area (Å²) in [6, 6.07) is 7.21. The largest absolute Gasteiger partial charge is 0.349 e. The van der Waals surface area contributed by atoms with Gasteiger partial charge in [0.05, 0.1) is 11.2 Å². The minimum Gasteiger partial charge on any atom is -0.277 e. The molecule has 0 aliphatic heterocycles. The lowest BCUT2D eigenvalue weighted by Crippen LogP contribution is -2.27. The van der Waals surface area contributed by atoms with E-state index in [1.807, 2.05) is 19.1 Å². The number of fused-ring (bicyclic) bond motifs is 1. The second kappa shape index (κ2) is 4.53. The molecule has 1 aromatic carbocycles. The van der Waals surface area contributed by atoms with Crippen LogP contribution < -0.4 is 5.69 Å². The van der Waals surface area contributed by atoms with Crippen LogP contribution >= 0.6 is 0 Å². The zero-order valence-corrected chi connectivity index (χ0v) is 11.1. The average Bonchev–Trinajstić information content (AvgIpc) is 2.31. The summed E-state index contributed by atoms with van der Waals surface area (Å²) < 4.78 is 23.9. The molecule has 0 fully saturated rings. The molecule has 1 aromatic heterocycles. The molecule has 0 bridgehead atoms. The number of benzene rings is 1. The Morgan fingerprint density at radius 3 is 2.56 bits per heavy atom. The highest BCUT2D eigenvalue weighted by atomic mass is 32.2. The topological polar surface area (TPSA) is 69.0 Å². The maximum atomic E-state index is 11.9. The van der Waals surface area contributed by atoms with Crippen molar-refractivity contribution in [2.45, 2.75) is 19.2 Å². The first-order chi connectivity index (χ1) is 8.42. The minimum absolute atomic E-state index is 0.344. The van der Waals surface area contributed by atoms with Gasteiger partial charge in [0.25, 0.3) is 0 Å². The van der Waals surface area contributed by atoms with E-state index in [1.165, 1.54) is 4.57 Å². The van der Waals surface area contributed by atoms with Crippen molar-refractivity contribution >= 4 is 20.7 Å². The molecule has 2 rings (SSSR count). The molecule has 0 radical (unpaired) electrons. The van der Waals surface area contributed by atoms with Gasteiger partial charge in [0.15, 0.2) is 9.84 Å². The molecule has 0 unspecified atom stereocenters. The lowest BCUT2D eigenvalue weighted by atomic mass is 10.1. The number of hydrogen-bond donors (Lipinski definition) is 0. The van der Waals surface area contributed by atoms with Crippen LogP contribution in [0.3, 0.4) is 0 Å². The fourth-order valence-electron chi connectivity index (χ4n) is 1.92. The standard InChI is InChI=1S/C12H14N2O3S/c1-3-10-9-6-4-5-7-11(9)14(12(15)13-10)8-18(2,16)17/h4-7H,3,8H2,1-2H3. The number of rotatable bonds is 3. The summed E-state index contributed by atoms with van der Waals surface area (Å²) in [5, 5.41) is 0.822. The Hall–Kier alpha value is -1.69. The van der Waals surface area contributed by atoms with E-state index in [0.717, 1.165) is 11.6 Å². The fourth-order valence-corrected chi connectivity index (χ4v) is 2.64. The highest BCUT2D eigenvalue weighted by molar-refractivity contribution is 7.89. The Labute approximate surface area is 105 Å². The zero-order valence-electron chi connectivity index (χ0n) is 10.3. The normalized spacial score (nSPS) is 11.9. The summed E-state index contributed by atoms with van der Waals surface area (Å²) in [5.41, 5.74) is 0.788. The van der Waals surface area contributed by atoms with Crippen LogP contribution in [-0.2, 0) is 22.1 Å². The second-order valence-electron chi connectivity index (χ2n) is 4.19. The maximum absolute atomic E-state index is 11.9. The van der Waals surface area contributed by atoms with E-state index in [9.17, 15) is 13.2 Å². The van der Waals surface area contributed by atoms with Crippen molar-refractivity contribution in [2.24, 2.45) is 0 Å². The van der Waals surface area contributed by atoms with E-state index in [2.05, 4.69) is 4.98 Å². The third-order valence-electron chi connectivity index (χ3n) is 2.67. The van der Waals surface area contributed by atoms with Crippen LogP contribution in [0.15, 0.2) is 29.1 Å². The van der Waals surface area contributed by atoms with Crippen LogP contribution in [0.25, 0.3) is 10.9 Å². The van der Waals surface area contributed by atoms with Crippen molar-refractivity contribution in [2.75, 3.05) is 6.26 Å². The van der Waals surface area contributed by atoms with E-state index in [-0.39, 0.29) is 5.88 Å². The van der Waals surface area contributed by atoms with Gasteiger partial charge >= 0.3 is 5.69 Å². The molecule has 0 spiro atoms. The smallest absolute Gasteiger partial charge is 0.277 e. The predicted molar refractivity (Wildman–Crippen MR) is 70.2 cm³/mol. The lowest BCUT2D eigenvalue weighted by Gasteiger charge is -2.10. The summed E-state index contributed by atoms with van der Waals surface area (Å²) in [5.74, 6) is -0.344. The van der Waals surface area contributed by atoms with Crippen LogP contribution in [0, 0.1) is 0 Å². The molecule has 0 aliphatic carbocycles. The fraction of sp³-hybridized carbons (Fsp3) is 0.333. The maximum Gasteiger partial charge on any atom is 0.349 e. The quantitative estimate of drug-likeness (QED) is 0.829. The van der Waals surface area contributed by atoms with Crippen molar-refractivity contribution in [3.63, 3.8) is 0 Å². The summed E-state index contributed by atoms with van der Waals surface area (Å²) in [6.45, 7) is 1.91. The molecule has 18 heavy (non-hydrogen) atoms. The minimum atomic E-state index is -3.29. The van der Waals surface area contributed by atoms with Crippen molar-refractivity contribution in [1.29, 1.82) is 0 Å². The van der Waals surface area contributed by atoms with E-state index >= 15 is 0 Å². The van der Waals surface area contributed by atoms with Crippen molar-refractivity contribution in [3.8, 4) is 0 Å². The van der Waals surface area contributed by atoms with Crippen LogP contribution in [0.1, 0.15) is 12.6 Å². The monoisotopic (exact) mass is 266 g/mol. The molecule has 5 nitrogen and oxygen atoms in total. The lowest BCUT2D eigenvalue weighted by molar-refractivity contribution is 0.588. The third-order valence-corrected chi connectivity index (χ3v) is 3.39. The van der Waals surface area contributed by atoms with E-state index in [0.29, 0.717) is 17.6 Å². The van der Waals surface area contributed by atoms with Gasteiger partial charge < -0.3 is 0 Å². The molecule has 0 N–H and O–H groups in total. The zero-order chi connectivity index (χ0) is 13.3. The molecular formula is C12H14N2O3S. The molecule has 2 aromatic rings. The molecule has 0 saturated carbocycles. The Morgan fingerprint density at radius 2 is 1.94 bits per heavy atom. The molecule has 0 amide bonds. The van der Waals surface area contributed by atoms with Gasteiger partial charge in [0.1, 0.15) is 5.88 Å². The van der Waals surface area contributed by atoms with Gasteiger partial charge in [-0.1, -0.05) is 25.1 Å². The predicted octanol–water partition coefficient (Wildman–Crippen LogP) is 0.961. The van der Waals surface area contributed by atoms with Gasteiger partial charge in [-0.2, -0.15) is 4.98 Å². The molecule has 0 aliphatic rings. The Bertz CT molecular complexity index is 747. The number of hydrogen-bond acceptors (Lipinski definition) is 4. The summed E-state index contributed by atoms with van der Waals surface area (Å²) in [6.07, 6.45) is 1.73. The van der Waals surface area contributed by atoms with Crippen molar-refractivity contribution < 1.29 is 8.42 Å². The van der Waals surface area contributed by atoms with Crippen LogP contribution in [0.5, 0.6) is 0 Å². The molecule has 96 valence electrons. The van der Waals surface area contributed by atoms with Crippen molar-refractivity contribution in [3.05, 3.63) is 40.4 Å². The number of aryl methyl sites for hydroxylation is 1. The summed E-state index contributed by atoms with van der Waals surface area (Å²) >= 11 is 0. The molecule has 0 atom stereocenters. The van der Waals surface area contributed by atoms with Crippen LogP contribution in [-0.4, -0.2) is 24.2 Å². The number of aromatic nitrogens is 2. The number of para-hydroxylation sites is 1. The Kier molecular flexibility index (Phi) is 3.21. The van der Waals surface area contributed by atoms with Gasteiger partial charge in [-0.05, 0) is 12.5 Å². The number of sulfone groups is 1. The van der Waals surface area contributed by atoms with Crippen LogP contribution in [0.4, 0.5) is 0 Å². The SMILES string of the molecule is CCc1nc(=O)n(CS(C)(=O)=O)c2ccccc12. The van der Waals surface area contributed by atoms with E-state index in [4.69, 9.17) is 0 Å². The average molecular weight is 266 g/mol. The summed E-state index contributed by atoms with van der Waals surface area (Å²) in [4.78, 5) is 15.8. The second-order valence-corrected chi connectivity index (χ2v) is 6.30. The highest BCUT2D eigenvalue weighted by Crippen LogP contribution is 2.15. The van der Waals surface area contributed by atoms with E-state index < -0.39 is 15.5 Å². The molecule has 1 heterocycles. The van der Waals surface area contributed by atoms with Gasteiger partial charge in [-0.15, -0.1) is 0 Å². The first-order valence-electron chi connectivity index (χ1n) is 5.58. The van der Waals surface area contributed by atoms with Gasteiger partial charge in [0.2, 0.25) is 0 Å². The van der Waals surface area contributed by atoms with Gasteiger partial charge in [-0.3, -0.25) is 4.57 Å². The van der Waals surface area contributed by atoms with Gasteiger partial charge in [0, 0.05) is 11.6 Å². The Balaban J connectivity index is 2.82. The highest BCUT2D eigenvalue weighted by Gasteiger charge is 2.12. The van der Waals surface area contributed by atoms with E-state index in [1.54, 1.807) is 12.1 Å². The molecule has 6 heteroatoms.